The van der Waals surface area contributed by atoms with Gasteiger partial charge in [-0.05, 0) is 0 Å². The molecule has 0 radical (unpaired) electrons. The van der Waals surface area contributed by atoms with Crippen molar-refractivity contribution in [1.29, 1.82) is 0 Å². The zero-order chi connectivity index (χ0) is 37.5. The molecule has 57 heavy (non-hydrogen) atoms. The van der Waals surface area contributed by atoms with Crippen molar-refractivity contribution in [2.24, 2.45) is 0 Å². The second kappa shape index (κ2) is 12.5. The van der Waals surface area contributed by atoms with Crippen molar-refractivity contribution in [1.82, 2.24) is 19.1 Å². The van der Waals surface area contributed by atoms with Crippen LogP contribution in [-0.2, 0) is 0 Å². The van der Waals surface area contributed by atoms with E-state index in [9.17, 15) is 0 Å². The Hall–Kier alpha value is -7.02. The first-order valence-electron chi connectivity index (χ1n) is 19.5. The van der Waals surface area contributed by atoms with Gasteiger partial charge in [0.05, 0.1) is 0 Å². The molecular weight excluding hydrogens is 753 g/mol. The van der Waals surface area contributed by atoms with Crippen molar-refractivity contribution in [2.75, 3.05) is 0 Å². The molecule has 0 unspecified atom stereocenters. The van der Waals surface area contributed by atoms with Crippen molar-refractivity contribution in [3.05, 3.63) is 206 Å². The summed E-state index contributed by atoms with van der Waals surface area (Å²) in [7, 11) is 0. The van der Waals surface area contributed by atoms with Crippen molar-refractivity contribution in [2.45, 2.75) is 0 Å². The molecule has 8 aromatic carbocycles. The Bertz CT molecular complexity index is 3290. The van der Waals surface area contributed by atoms with Crippen LogP contribution in [0.4, 0.5) is 0 Å². The number of rotatable bonds is 5. The third-order valence-corrected chi connectivity index (χ3v) is 22.2. The van der Waals surface area contributed by atoms with Crippen molar-refractivity contribution >= 4 is 74.5 Å². The van der Waals surface area contributed by atoms with Crippen molar-refractivity contribution in [3.63, 3.8) is 0 Å². The number of fused-ring (bicyclic) bond motifs is 10. The molecule has 0 saturated carbocycles. The molecule has 1 aliphatic heterocycles. The molecule has 0 N–H and O–H groups in total. The first-order chi connectivity index (χ1) is 28.3. The van der Waals surface area contributed by atoms with Gasteiger partial charge < -0.3 is 0 Å². The molecular formula is C52H34GeN4. The summed E-state index contributed by atoms with van der Waals surface area (Å²) in [5.41, 5.74) is 9.01. The fraction of sp³-hybridized carbons (Fsp3) is 0. The molecule has 11 aromatic rings. The molecule has 12 rings (SSSR count). The second-order valence-electron chi connectivity index (χ2n) is 14.9. The SMILES string of the molecule is c1ccc(-c2nc3[c](c(-n4c5ccccc5c5c4ccc4c6ccccc6n(-c6ccccc6)c45)n2)[Ge]([c]2ccccc2)([c]2ccccc2)[c]2ccccc2-3)cc1. The predicted octanol–water partition coefficient (Wildman–Crippen LogP) is 9.70. The quantitative estimate of drug-likeness (QED) is 0.163. The van der Waals surface area contributed by atoms with E-state index in [0.29, 0.717) is 0 Å². The number of hydrogen-bond acceptors (Lipinski definition) is 2. The fourth-order valence-corrected chi connectivity index (χ4v) is 20.6. The number of para-hydroxylation sites is 3. The summed E-state index contributed by atoms with van der Waals surface area (Å²) in [6.07, 6.45) is 0. The average molecular weight is 787 g/mol. The van der Waals surface area contributed by atoms with E-state index in [1.54, 1.807) is 0 Å². The van der Waals surface area contributed by atoms with Gasteiger partial charge in [-0.3, -0.25) is 0 Å². The molecule has 3 aromatic heterocycles. The minimum atomic E-state index is -3.83. The molecule has 0 aliphatic carbocycles. The number of aromatic nitrogens is 4. The molecule has 0 fully saturated rings. The number of nitrogens with zero attached hydrogens (tertiary/aromatic N) is 4. The van der Waals surface area contributed by atoms with E-state index in [1.165, 1.54) is 55.7 Å². The third kappa shape index (κ3) is 4.50. The maximum absolute atomic E-state index is 5.78. The molecule has 0 amide bonds. The molecule has 4 nitrogen and oxygen atoms in total. The molecule has 4 heterocycles. The Kier molecular flexibility index (Phi) is 7.07. The van der Waals surface area contributed by atoms with Crippen LogP contribution in [0.2, 0.25) is 0 Å². The molecule has 266 valence electrons. The van der Waals surface area contributed by atoms with Gasteiger partial charge in [0, 0.05) is 0 Å². The van der Waals surface area contributed by atoms with Crippen LogP contribution in [0.15, 0.2) is 206 Å². The van der Waals surface area contributed by atoms with Crippen molar-refractivity contribution in [3.8, 4) is 34.2 Å². The van der Waals surface area contributed by atoms with Gasteiger partial charge in [-0.1, -0.05) is 0 Å². The summed E-state index contributed by atoms with van der Waals surface area (Å²) in [6.45, 7) is 0. The van der Waals surface area contributed by atoms with E-state index < -0.39 is 13.3 Å². The number of benzene rings is 8. The maximum atomic E-state index is 5.78. The molecule has 5 heteroatoms. The van der Waals surface area contributed by atoms with Crippen LogP contribution in [0.25, 0.3) is 77.8 Å². The van der Waals surface area contributed by atoms with Crippen molar-refractivity contribution < 1.29 is 0 Å². The monoisotopic (exact) mass is 788 g/mol. The zero-order valence-electron chi connectivity index (χ0n) is 30.9. The molecule has 0 spiro atoms. The van der Waals surface area contributed by atoms with E-state index in [0.717, 1.165) is 39.6 Å². The Balaban J connectivity index is 1.31. The predicted molar refractivity (Wildman–Crippen MR) is 239 cm³/mol. The summed E-state index contributed by atoms with van der Waals surface area (Å²) < 4.78 is 10.3. The van der Waals surface area contributed by atoms with Gasteiger partial charge in [-0.25, -0.2) is 0 Å². The average Bonchev–Trinajstić information content (AvgIpc) is 3.92. The van der Waals surface area contributed by atoms with Gasteiger partial charge >= 0.3 is 334 Å². The summed E-state index contributed by atoms with van der Waals surface area (Å²) in [6, 6.07) is 75.1. The van der Waals surface area contributed by atoms with Crippen LogP contribution in [0, 0.1) is 0 Å². The Morgan fingerprint density at radius 2 is 0.965 bits per heavy atom. The van der Waals surface area contributed by atoms with Gasteiger partial charge in [-0.15, -0.1) is 0 Å². The van der Waals surface area contributed by atoms with Crippen LogP contribution < -0.4 is 17.6 Å². The van der Waals surface area contributed by atoms with Crippen LogP contribution in [-0.4, -0.2) is 32.4 Å². The van der Waals surface area contributed by atoms with Gasteiger partial charge in [0.25, 0.3) is 0 Å². The molecule has 0 bridgehead atoms. The summed E-state index contributed by atoms with van der Waals surface area (Å²) >= 11 is -3.83. The van der Waals surface area contributed by atoms with Crippen LogP contribution in [0.5, 0.6) is 0 Å². The zero-order valence-corrected chi connectivity index (χ0v) is 33.0. The van der Waals surface area contributed by atoms with E-state index in [-0.39, 0.29) is 0 Å². The summed E-state index contributed by atoms with van der Waals surface area (Å²) in [5.74, 6) is 1.68. The van der Waals surface area contributed by atoms with Gasteiger partial charge in [0.15, 0.2) is 0 Å². The van der Waals surface area contributed by atoms with Gasteiger partial charge in [0.2, 0.25) is 0 Å². The summed E-state index contributed by atoms with van der Waals surface area (Å²) in [4.78, 5) is 11.4. The van der Waals surface area contributed by atoms with E-state index in [1.807, 2.05) is 0 Å². The van der Waals surface area contributed by atoms with Crippen LogP contribution >= 0.6 is 0 Å². The Morgan fingerprint density at radius 1 is 0.404 bits per heavy atom. The third-order valence-electron chi connectivity index (χ3n) is 12.0. The number of hydrogen-bond donors (Lipinski definition) is 0. The van der Waals surface area contributed by atoms with Gasteiger partial charge in [0.1, 0.15) is 0 Å². The fourth-order valence-electron chi connectivity index (χ4n) is 9.74. The van der Waals surface area contributed by atoms with E-state index in [2.05, 4.69) is 215 Å². The molecule has 0 saturated heterocycles. The Labute approximate surface area is 332 Å². The van der Waals surface area contributed by atoms with E-state index >= 15 is 0 Å². The molecule has 1 aliphatic rings. The standard InChI is InChI=1S/C52H34GeN4/c1-5-19-35(20-6-1)51-54-49-41-28-13-16-30-43(41)53(36-21-7-2-8-22-36,37-23-9-3-10-24-37)48(49)52(55-51)57-45-32-18-15-29-42(45)47-46(57)34-33-40-39-27-14-17-31-44(39)56(50(40)47)38-25-11-4-12-26-38/h1-34H. The Morgan fingerprint density at radius 3 is 1.67 bits per heavy atom. The summed E-state index contributed by atoms with van der Waals surface area (Å²) in [5, 5.41) is 4.88. The van der Waals surface area contributed by atoms with Gasteiger partial charge in [-0.2, -0.15) is 0 Å². The minimum absolute atomic E-state index is 0.726. The second-order valence-corrected chi connectivity index (χ2v) is 22.6. The van der Waals surface area contributed by atoms with Crippen LogP contribution in [0.3, 0.4) is 0 Å². The first kappa shape index (κ1) is 32.2. The normalized spacial score (nSPS) is 13.1. The topological polar surface area (TPSA) is 35.6 Å². The van der Waals surface area contributed by atoms with Crippen LogP contribution in [0.1, 0.15) is 0 Å². The first-order valence-corrected chi connectivity index (χ1v) is 23.7. The molecule has 0 atom stereocenters. The van der Waals surface area contributed by atoms with E-state index in [4.69, 9.17) is 9.97 Å².